The molecule has 0 atom stereocenters. The molecule has 98 valence electrons. The average molecular weight is 259 g/mol. The maximum absolute atomic E-state index is 12.1. The maximum Gasteiger partial charge on any atom is 0.422 e. The van der Waals surface area contributed by atoms with E-state index in [4.69, 9.17) is 4.74 Å². The Morgan fingerprint density at radius 2 is 2.00 bits per heavy atom. The smallest absolute Gasteiger partial charge is 0.422 e. The number of hydrogen-bond donors (Lipinski definition) is 1. The second kappa shape index (κ2) is 3.90. The van der Waals surface area contributed by atoms with E-state index in [0.717, 1.165) is 0 Å². The van der Waals surface area contributed by atoms with Crippen molar-refractivity contribution >= 4 is 11.6 Å². The van der Waals surface area contributed by atoms with Crippen LogP contribution in [0.15, 0.2) is 18.2 Å². The molecule has 1 N–H and O–H groups in total. The van der Waals surface area contributed by atoms with Crippen molar-refractivity contribution in [3.63, 3.8) is 0 Å². The molecular weight excluding hydrogens is 247 g/mol. The molecule has 6 heteroatoms. The normalized spacial score (nSPS) is 17.3. The molecule has 1 aliphatic rings. The number of ether oxygens (including phenoxy) is 1. The Morgan fingerprint density at radius 1 is 1.33 bits per heavy atom. The molecule has 0 aromatic heterocycles. The van der Waals surface area contributed by atoms with Gasteiger partial charge in [0.05, 0.1) is 11.1 Å². The van der Waals surface area contributed by atoms with E-state index in [0.29, 0.717) is 11.3 Å². The Labute approximate surface area is 102 Å². The highest BCUT2D eigenvalue weighted by Gasteiger charge is 2.40. The predicted octanol–water partition coefficient (Wildman–Crippen LogP) is 2.86. The van der Waals surface area contributed by atoms with E-state index in [1.165, 1.54) is 6.07 Å². The zero-order valence-corrected chi connectivity index (χ0v) is 9.89. The lowest BCUT2D eigenvalue weighted by atomic mass is 9.86. The molecule has 1 heterocycles. The van der Waals surface area contributed by atoms with Crippen molar-refractivity contribution in [2.45, 2.75) is 25.4 Å². The van der Waals surface area contributed by atoms with Gasteiger partial charge in [-0.05, 0) is 25.5 Å². The SMILES string of the molecule is CC1(C)C(=O)Nc2c(OCC(F)(F)F)cccc21. The van der Waals surface area contributed by atoms with Crippen molar-refractivity contribution in [2.24, 2.45) is 0 Å². The van der Waals surface area contributed by atoms with Crippen LogP contribution in [-0.2, 0) is 10.2 Å². The van der Waals surface area contributed by atoms with E-state index in [1.54, 1.807) is 26.0 Å². The molecule has 0 saturated heterocycles. The first-order valence-corrected chi connectivity index (χ1v) is 5.36. The van der Waals surface area contributed by atoms with Gasteiger partial charge in [-0.25, -0.2) is 0 Å². The number of carbonyl (C=O) groups is 1. The second-order valence-electron chi connectivity index (χ2n) is 4.66. The lowest BCUT2D eigenvalue weighted by Crippen LogP contribution is -2.26. The van der Waals surface area contributed by atoms with E-state index in [1.807, 2.05) is 0 Å². The van der Waals surface area contributed by atoms with Gasteiger partial charge in [0.1, 0.15) is 5.75 Å². The molecule has 1 aromatic carbocycles. The molecule has 18 heavy (non-hydrogen) atoms. The van der Waals surface area contributed by atoms with Gasteiger partial charge in [-0.1, -0.05) is 12.1 Å². The van der Waals surface area contributed by atoms with Crippen molar-refractivity contribution in [2.75, 3.05) is 11.9 Å². The highest BCUT2D eigenvalue weighted by molar-refractivity contribution is 6.07. The van der Waals surface area contributed by atoms with Crippen LogP contribution in [0.25, 0.3) is 0 Å². The number of amides is 1. The molecule has 1 amide bonds. The van der Waals surface area contributed by atoms with Crippen LogP contribution in [-0.4, -0.2) is 18.7 Å². The van der Waals surface area contributed by atoms with E-state index in [-0.39, 0.29) is 11.7 Å². The minimum absolute atomic E-state index is 0.0451. The molecule has 0 unspecified atom stereocenters. The van der Waals surface area contributed by atoms with E-state index in [9.17, 15) is 18.0 Å². The fraction of sp³-hybridized carbons (Fsp3) is 0.417. The molecule has 0 radical (unpaired) electrons. The summed E-state index contributed by atoms with van der Waals surface area (Å²) in [5.41, 5.74) is 0.219. The van der Waals surface area contributed by atoms with Crippen LogP contribution in [0.2, 0.25) is 0 Å². The number of rotatable bonds is 2. The Balaban J connectivity index is 2.31. The average Bonchev–Trinajstić information content (AvgIpc) is 2.47. The van der Waals surface area contributed by atoms with Crippen LogP contribution in [0, 0.1) is 0 Å². The fourth-order valence-electron chi connectivity index (χ4n) is 1.85. The number of anilines is 1. The first kappa shape index (κ1) is 12.7. The van der Waals surface area contributed by atoms with Crippen LogP contribution in [0.3, 0.4) is 0 Å². The zero-order chi connectivity index (χ0) is 13.6. The quantitative estimate of drug-likeness (QED) is 0.886. The molecule has 0 bridgehead atoms. The number of nitrogens with one attached hydrogen (secondary N) is 1. The largest absolute Gasteiger partial charge is 0.482 e. The summed E-state index contributed by atoms with van der Waals surface area (Å²) in [6, 6.07) is 4.69. The van der Waals surface area contributed by atoms with Gasteiger partial charge in [-0.15, -0.1) is 0 Å². The number of hydrogen-bond acceptors (Lipinski definition) is 2. The number of halogens is 3. The summed E-state index contributed by atoms with van der Waals surface area (Å²) in [6.45, 7) is 2.04. The lowest BCUT2D eigenvalue weighted by molar-refractivity contribution is -0.153. The summed E-state index contributed by atoms with van der Waals surface area (Å²) in [7, 11) is 0. The molecule has 0 aliphatic carbocycles. The molecule has 3 nitrogen and oxygen atoms in total. The van der Waals surface area contributed by atoms with Gasteiger partial charge in [-0.2, -0.15) is 13.2 Å². The zero-order valence-electron chi connectivity index (χ0n) is 9.89. The number of fused-ring (bicyclic) bond motifs is 1. The number of benzene rings is 1. The third-order valence-electron chi connectivity index (χ3n) is 2.90. The fourth-order valence-corrected chi connectivity index (χ4v) is 1.85. The minimum atomic E-state index is -4.40. The van der Waals surface area contributed by atoms with Crippen molar-refractivity contribution in [1.29, 1.82) is 0 Å². The van der Waals surface area contributed by atoms with Gasteiger partial charge in [0.25, 0.3) is 0 Å². The summed E-state index contributed by atoms with van der Waals surface area (Å²) < 4.78 is 41.0. The van der Waals surface area contributed by atoms with Crippen LogP contribution < -0.4 is 10.1 Å². The van der Waals surface area contributed by atoms with Gasteiger partial charge in [0, 0.05) is 0 Å². The molecular formula is C12H12F3NO2. The first-order chi connectivity index (χ1) is 8.22. The van der Waals surface area contributed by atoms with Crippen LogP contribution in [0.5, 0.6) is 5.75 Å². The molecule has 0 saturated carbocycles. The highest BCUT2D eigenvalue weighted by Crippen LogP contribution is 2.42. The van der Waals surface area contributed by atoms with Gasteiger partial charge in [0.15, 0.2) is 6.61 Å². The highest BCUT2D eigenvalue weighted by atomic mass is 19.4. The van der Waals surface area contributed by atoms with Crippen molar-refractivity contribution in [1.82, 2.24) is 0 Å². The lowest BCUT2D eigenvalue weighted by Gasteiger charge is -2.15. The van der Waals surface area contributed by atoms with Crippen molar-refractivity contribution < 1.29 is 22.7 Å². The Hall–Kier alpha value is -1.72. The molecule has 0 fully saturated rings. The number of carbonyl (C=O) groups excluding carboxylic acids is 1. The van der Waals surface area contributed by atoms with Crippen LogP contribution in [0.4, 0.5) is 18.9 Å². The third kappa shape index (κ3) is 2.14. The second-order valence-corrected chi connectivity index (χ2v) is 4.66. The van der Waals surface area contributed by atoms with E-state index < -0.39 is 18.2 Å². The van der Waals surface area contributed by atoms with Gasteiger partial charge >= 0.3 is 6.18 Å². The van der Waals surface area contributed by atoms with Crippen molar-refractivity contribution in [3.8, 4) is 5.75 Å². The van der Waals surface area contributed by atoms with Crippen LogP contribution in [0.1, 0.15) is 19.4 Å². The minimum Gasteiger partial charge on any atom is -0.482 e. The Morgan fingerprint density at radius 3 is 2.61 bits per heavy atom. The van der Waals surface area contributed by atoms with Gasteiger partial charge in [0.2, 0.25) is 5.91 Å². The predicted molar refractivity (Wildman–Crippen MR) is 59.6 cm³/mol. The summed E-state index contributed by atoms with van der Waals surface area (Å²) in [6.07, 6.45) is -4.40. The maximum atomic E-state index is 12.1. The monoisotopic (exact) mass is 259 g/mol. The first-order valence-electron chi connectivity index (χ1n) is 5.36. The topological polar surface area (TPSA) is 38.3 Å². The number of para-hydroxylation sites is 1. The summed E-state index contributed by atoms with van der Waals surface area (Å²) >= 11 is 0. The molecule has 2 rings (SSSR count). The molecule has 1 aromatic rings. The molecule has 1 aliphatic heterocycles. The Bertz CT molecular complexity index is 495. The summed E-state index contributed by atoms with van der Waals surface area (Å²) in [4.78, 5) is 11.7. The Kier molecular flexibility index (Phi) is 2.76. The summed E-state index contributed by atoms with van der Waals surface area (Å²) in [5.74, 6) is -0.204. The van der Waals surface area contributed by atoms with Gasteiger partial charge in [-0.3, -0.25) is 4.79 Å². The molecule has 0 spiro atoms. The van der Waals surface area contributed by atoms with E-state index in [2.05, 4.69) is 5.32 Å². The van der Waals surface area contributed by atoms with Gasteiger partial charge < -0.3 is 10.1 Å². The number of alkyl halides is 3. The van der Waals surface area contributed by atoms with Crippen molar-refractivity contribution in [3.05, 3.63) is 23.8 Å². The van der Waals surface area contributed by atoms with Crippen LogP contribution >= 0.6 is 0 Å². The third-order valence-corrected chi connectivity index (χ3v) is 2.90. The van der Waals surface area contributed by atoms with E-state index >= 15 is 0 Å². The standard InChI is InChI=1S/C12H12F3NO2/c1-11(2)7-4-3-5-8(9(7)16-10(11)17)18-6-12(13,14)15/h3-5H,6H2,1-2H3,(H,16,17). The summed E-state index contributed by atoms with van der Waals surface area (Å²) in [5, 5.41) is 2.56.